The SMILES string of the molecule is CSc1ccc(Cl)c(C(=O)OCC(=O)N[C@H](C)c2ccco2)c1. The predicted octanol–water partition coefficient (Wildman–Crippen LogP) is 3.69. The molecule has 0 unspecified atom stereocenters. The molecule has 1 N–H and O–H groups in total. The zero-order valence-corrected chi connectivity index (χ0v) is 14.2. The van der Waals surface area contributed by atoms with Crippen LogP contribution >= 0.6 is 23.4 Å². The van der Waals surface area contributed by atoms with Gasteiger partial charge in [0.15, 0.2) is 6.61 Å². The van der Waals surface area contributed by atoms with Crippen molar-refractivity contribution in [2.75, 3.05) is 12.9 Å². The Balaban J connectivity index is 1.90. The van der Waals surface area contributed by atoms with Crippen LogP contribution in [0.3, 0.4) is 0 Å². The molecule has 0 aliphatic carbocycles. The van der Waals surface area contributed by atoms with Gasteiger partial charge in [0.2, 0.25) is 0 Å². The number of hydrogen-bond donors (Lipinski definition) is 1. The molecule has 122 valence electrons. The molecule has 0 spiro atoms. The molecule has 1 amide bonds. The summed E-state index contributed by atoms with van der Waals surface area (Å²) in [7, 11) is 0. The van der Waals surface area contributed by atoms with Crippen molar-refractivity contribution in [1.29, 1.82) is 0 Å². The third-order valence-corrected chi connectivity index (χ3v) is 4.13. The van der Waals surface area contributed by atoms with Crippen molar-refractivity contribution in [2.24, 2.45) is 0 Å². The summed E-state index contributed by atoms with van der Waals surface area (Å²) in [6, 6.07) is 8.26. The van der Waals surface area contributed by atoms with E-state index < -0.39 is 11.9 Å². The standard InChI is InChI=1S/C16H16ClNO4S/c1-10(14-4-3-7-21-14)18-15(19)9-22-16(20)12-8-11(23-2)5-6-13(12)17/h3-8,10H,9H2,1-2H3,(H,18,19)/t10-/m1/s1. The third kappa shape index (κ3) is 4.77. The molecule has 0 fully saturated rings. The summed E-state index contributed by atoms with van der Waals surface area (Å²) in [6.07, 6.45) is 3.42. The van der Waals surface area contributed by atoms with Crippen LogP contribution in [0.4, 0.5) is 0 Å². The second kappa shape index (κ2) is 8.08. The third-order valence-electron chi connectivity index (χ3n) is 3.08. The van der Waals surface area contributed by atoms with E-state index in [1.54, 1.807) is 31.2 Å². The summed E-state index contributed by atoms with van der Waals surface area (Å²) in [5.41, 5.74) is 0.241. The quantitative estimate of drug-likeness (QED) is 0.633. The highest BCUT2D eigenvalue weighted by molar-refractivity contribution is 7.98. The molecule has 0 bridgehead atoms. The molecule has 0 aliphatic rings. The van der Waals surface area contributed by atoms with Crippen molar-refractivity contribution in [3.8, 4) is 0 Å². The second-order valence-electron chi connectivity index (χ2n) is 4.73. The Hall–Kier alpha value is -1.92. The van der Waals surface area contributed by atoms with Crippen LogP contribution in [0.1, 0.15) is 29.1 Å². The fraction of sp³-hybridized carbons (Fsp3) is 0.250. The number of amides is 1. The number of esters is 1. The molecule has 1 aromatic carbocycles. The fourth-order valence-electron chi connectivity index (χ4n) is 1.89. The first-order valence-corrected chi connectivity index (χ1v) is 8.45. The van der Waals surface area contributed by atoms with Crippen LogP contribution in [0, 0.1) is 0 Å². The number of carbonyl (C=O) groups is 2. The summed E-state index contributed by atoms with van der Waals surface area (Å²) in [5, 5.41) is 2.97. The molecule has 0 aliphatic heterocycles. The lowest BCUT2D eigenvalue weighted by Crippen LogP contribution is -2.31. The first-order valence-electron chi connectivity index (χ1n) is 6.84. The molecule has 1 atom stereocenters. The Morgan fingerprint density at radius 1 is 1.39 bits per heavy atom. The van der Waals surface area contributed by atoms with Crippen molar-refractivity contribution in [2.45, 2.75) is 17.9 Å². The molecule has 2 rings (SSSR count). The van der Waals surface area contributed by atoms with E-state index in [4.69, 9.17) is 20.8 Å². The van der Waals surface area contributed by atoms with E-state index in [0.29, 0.717) is 5.76 Å². The fourth-order valence-corrected chi connectivity index (χ4v) is 2.52. The lowest BCUT2D eigenvalue weighted by atomic mass is 10.2. The molecule has 0 saturated carbocycles. The van der Waals surface area contributed by atoms with Gasteiger partial charge in [0.05, 0.1) is 22.9 Å². The number of ether oxygens (including phenoxy) is 1. The zero-order chi connectivity index (χ0) is 16.8. The average molecular weight is 354 g/mol. The van der Waals surface area contributed by atoms with Crippen LogP contribution in [0.25, 0.3) is 0 Å². The van der Waals surface area contributed by atoms with E-state index in [0.717, 1.165) is 4.90 Å². The van der Waals surface area contributed by atoms with Gasteiger partial charge in [-0.25, -0.2) is 4.79 Å². The Bertz CT molecular complexity index is 687. The van der Waals surface area contributed by atoms with Crippen LogP contribution in [0.15, 0.2) is 45.9 Å². The first kappa shape index (κ1) is 17.4. The van der Waals surface area contributed by atoms with Gasteiger partial charge in [0.25, 0.3) is 5.91 Å². The van der Waals surface area contributed by atoms with Crippen molar-refractivity contribution in [3.05, 3.63) is 52.9 Å². The number of rotatable bonds is 6. The molecule has 1 aromatic heterocycles. The molecular weight excluding hydrogens is 338 g/mol. The summed E-state index contributed by atoms with van der Waals surface area (Å²) < 4.78 is 10.2. The molecule has 0 saturated heterocycles. The minimum Gasteiger partial charge on any atom is -0.467 e. The summed E-state index contributed by atoms with van der Waals surface area (Å²) in [5.74, 6) is -0.425. The number of thioether (sulfide) groups is 1. The summed E-state index contributed by atoms with van der Waals surface area (Å²) in [4.78, 5) is 24.7. The maximum atomic E-state index is 12.0. The van der Waals surface area contributed by atoms with Crippen LogP contribution < -0.4 is 5.32 Å². The number of benzene rings is 1. The minimum atomic E-state index is -0.633. The van der Waals surface area contributed by atoms with Gasteiger partial charge < -0.3 is 14.5 Å². The number of hydrogen-bond acceptors (Lipinski definition) is 5. The van der Waals surface area contributed by atoms with Gasteiger partial charge in [-0.15, -0.1) is 11.8 Å². The van der Waals surface area contributed by atoms with Gasteiger partial charge >= 0.3 is 5.97 Å². The van der Waals surface area contributed by atoms with Crippen molar-refractivity contribution in [1.82, 2.24) is 5.32 Å². The van der Waals surface area contributed by atoms with E-state index in [1.165, 1.54) is 18.0 Å². The molecule has 1 heterocycles. The van der Waals surface area contributed by atoms with Crippen LogP contribution in [-0.4, -0.2) is 24.7 Å². The van der Waals surface area contributed by atoms with Crippen molar-refractivity contribution < 1.29 is 18.7 Å². The van der Waals surface area contributed by atoms with Crippen molar-refractivity contribution >= 4 is 35.2 Å². The highest BCUT2D eigenvalue weighted by Gasteiger charge is 2.16. The van der Waals surface area contributed by atoms with Crippen molar-refractivity contribution in [3.63, 3.8) is 0 Å². The number of carbonyl (C=O) groups excluding carboxylic acids is 2. The Morgan fingerprint density at radius 2 is 2.17 bits per heavy atom. The molecule has 5 nitrogen and oxygen atoms in total. The van der Waals surface area contributed by atoms with E-state index in [9.17, 15) is 9.59 Å². The highest BCUT2D eigenvalue weighted by Crippen LogP contribution is 2.23. The van der Waals surface area contributed by atoms with Gasteiger partial charge in [0, 0.05) is 4.90 Å². The van der Waals surface area contributed by atoms with Crippen LogP contribution in [-0.2, 0) is 9.53 Å². The Morgan fingerprint density at radius 3 is 2.83 bits per heavy atom. The molecule has 23 heavy (non-hydrogen) atoms. The summed E-state index contributed by atoms with van der Waals surface area (Å²) >= 11 is 7.48. The average Bonchev–Trinajstić information content (AvgIpc) is 3.07. The lowest BCUT2D eigenvalue weighted by molar-refractivity contribution is -0.125. The predicted molar refractivity (Wildman–Crippen MR) is 88.8 cm³/mol. The van der Waals surface area contributed by atoms with E-state index in [-0.39, 0.29) is 23.2 Å². The Labute approximate surface area is 143 Å². The molecule has 0 radical (unpaired) electrons. The maximum absolute atomic E-state index is 12.0. The second-order valence-corrected chi connectivity index (χ2v) is 6.01. The zero-order valence-electron chi connectivity index (χ0n) is 12.7. The number of furan rings is 1. The van der Waals surface area contributed by atoms with Gasteiger partial charge in [-0.05, 0) is 43.5 Å². The minimum absolute atomic E-state index is 0.241. The van der Waals surface area contributed by atoms with Gasteiger partial charge in [-0.2, -0.15) is 0 Å². The molecule has 7 heteroatoms. The van der Waals surface area contributed by atoms with E-state index >= 15 is 0 Å². The van der Waals surface area contributed by atoms with Crippen LogP contribution in [0.5, 0.6) is 0 Å². The maximum Gasteiger partial charge on any atom is 0.340 e. The topological polar surface area (TPSA) is 68.5 Å². The van der Waals surface area contributed by atoms with Gasteiger partial charge in [-0.1, -0.05) is 11.6 Å². The first-order chi connectivity index (χ1) is 11.0. The Kier molecular flexibility index (Phi) is 6.12. The number of nitrogens with one attached hydrogen (secondary N) is 1. The van der Waals surface area contributed by atoms with E-state index in [2.05, 4.69) is 5.32 Å². The largest absolute Gasteiger partial charge is 0.467 e. The highest BCUT2D eigenvalue weighted by atomic mass is 35.5. The van der Waals surface area contributed by atoms with E-state index in [1.807, 2.05) is 12.3 Å². The molecule has 2 aromatic rings. The normalized spacial score (nSPS) is 11.8. The monoisotopic (exact) mass is 353 g/mol. The molecular formula is C16H16ClNO4S. The van der Waals surface area contributed by atoms with Gasteiger partial charge in [0.1, 0.15) is 5.76 Å². The lowest BCUT2D eigenvalue weighted by Gasteiger charge is -2.12. The summed E-state index contributed by atoms with van der Waals surface area (Å²) in [6.45, 7) is 1.39. The van der Waals surface area contributed by atoms with Crippen LogP contribution in [0.2, 0.25) is 5.02 Å². The number of halogens is 1. The smallest absolute Gasteiger partial charge is 0.340 e. The van der Waals surface area contributed by atoms with Gasteiger partial charge in [-0.3, -0.25) is 4.79 Å².